The highest BCUT2D eigenvalue weighted by Gasteiger charge is 2.16. The summed E-state index contributed by atoms with van der Waals surface area (Å²) in [7, 11) is 0. The zero-order valence-electron chi connectivity index (χ0n) is 12.0. The number of halogens is 1. The first kappa shape index (κ1) is 15.0. The number of aliphatic hydroxyl groups excluding tert-OH is 1. The highest BCUT2D eigenvalue weighted by atomic mass is 19.1. The molecule has 0 fully saturated rings. The SMILES string of the molecule is O=C(NCC(O)c1ccccc1F)c1cc(-c2ccco2)[nH]n1. The third kappa shape index (κ3) is 3.29. The standard InChI is InChI=1S/C16H14FN3O3/c17-11-5-2-1-4-10(11)14(21)9-18-16(22)13-8-12(19-20-13)15-6-3-7-23-15/h1-8,14,21H,9H2,(H,18,22)(H,19,20). The summed E-state index contributed by atoms with van der Waals surface area (Å²) in [6.07, 6.45) is 0.379. The van der Waals surface area contributed by atoms with E-state index in [0.29, 0.717) is 11.5 Å². The number of aromatic nitrogens is 2. The fraction of sp³-hybridized carbons (Fsp3) is 0.125. The van der Waals surface area contributed by atoms with Gasteiger partial charge in [-0.2, -0.15) is 5.10 Å². The van der Waals surface area contributed by atoms with E-state index in [1.165, 1.54) is 30.5 Å². The van der Waals surface area contributed by atoms with Gasteiger partial charge in [-0.1, -0.05) is 18.2 Å². The monoisotopic (exact) mass is 315 g/mol. The van der Waals surface area contributed by atoms with Crippen molar-refractivity contribution in [3.8, 4) is 11.5 Å². The number of nitrogens with zero attached hydrogens (tertiary/aromatic N) is 1. The number of nitrogens with one attached hydrogen (secondary N) is 2. The largest absolute Gasteiger partial charge is 0.463 e. The van der Waals surface area contributed by atoms with Crippen molar-refractivity contribution in [2.24, 2.45) is 0 Å². The molecule has 0 aliphatic carbocycles. The summed E-state index contributed by atoms with van der Waals surface area (Å²) >= 11 is 0. The molecule has 1 atom stereocenters. The molecule has 0 aliphatic heterocycles. The van der Waals surface area contributed by atoms with Crippen molar-refractivity contribution in [1.82, 2.24) is 15.5 Å². The summed E-state index contributed by atoms with van der Waals surface area (Å²) in [5.74, 6) is -0.438. The summed E-state index contributed by atoms with van der Waals surface area (Å²) < 4.78 is 18.7. The van der Waals surface area contributed by atoms with Crippen LogP contribution in [0.2, 0.25) is 0 Å². The van der Waals surface area contributed by atoms with Gasteiger partial charge in [0.2, 0.25) is 0 Å². The molecule has 1 aromatic carbocycles. The first-order chi connectivity index (χ1) is 11.1. The van der Waals surface area contributed by atoms with Crippen LogP contribution in [0.3, 0.4) is 0 Å². The molecule has 3 N–H and O–H groups in total. The molecule has 0 saturated heterocycles. The third-order valence-corrected chi connectivity index (χ3v) is 3.32. The van der Waals surface area contributed by atoms with E-state index >= 15 is 0 Å². The number of hydrogen-bond donors (Lipinski definition) is 3. The van der Waals surface area contributed by atoms with Crippen LogP contribution in [0.5, 0.6) is 0 Å². The van der Waals surface area contributed by atoms with Gasteiger partial charge in [-0.25, -0.2) is 4.39 Å². The Balaban J connectivity index is 1.63. The quantitative estimate of drug-likeness (QED) is 0.673. The number of aromatic amines is 1. The number of aliphatic hydroxyl groups is 1. The van der Waals surface area contributed by atoms with E-state index in [2.05, 4.69) is 15.5 Å². The number of carbonyl (C=O) groups is 1. The van der Waals surface area contributed by atoms with Crippen LogP contribution in [0.4, 0.5) is 4.39 Å². The van der Waals surface area contributed by atoms with Gasteiger partial charge in [-0.15, -0.1) is 0 Å². The average Bonchev–Trinajstić information content (AvgIpc) is 3.23. The number of amides is 1. The maximum absolute atomic E-state index is 13.5. The molecule has 0 aliphatic rings. The highest BCUT2D eigenvalue weighted by Crippen LogP contribution is 2.18. The third-order valence-electron chi connectivity index (χ3n) is 3.32. The van der Waals surface area contributed by atoms with Crippen LogP contribution >= 0.6 is 0 Å². The minimum absolute atomic E-state index is 0.122. The van der Waals surface area contributed by atoms with Crippen molar-refractivity contribution < 1.29 is 18.7 Å². The second-order valence-corrected chi connectivity index (χ2v) is 4.89. The molecule has 3 rings (SSSR count). The lowest BCUT2D eigenvalue weighted by Crippen LogP contribution is -2.29. The molecule has 7 heteroatoms. The second-order valence-electron chi connectivity index (χ2n) is 4.89. The summed E-state index contributed by atoms with van der Waals surface area (Å²) in [5, 5.41) is 19.0. The summed E-state index contributed by atoms with van der Waals surface area (Å²) in [4.78, 5) is 12.0. The second kappa shape index (κ2) is 6.45. The van der Waals surface area contributed by atoms with Gasteiger partial charge in [0.15, 0.2) is 11.5 Å². The van der Waals surface area contributed by atoms with Crippen LogP contribution in [-0.4, -0.2) is 27.8 Å². The Labute approximate surface area is 131 Å². The van der Waals surface area contributed by atoms with Crippen LogP contribution in [-0.2, 0) is 0 Å². The smallest absolute Gasteiger partial charge is 0.271 e. The van der Waals surface area contributed by atoms with Crippen molar-refractivity contribution in [2.45, 2.75) is 6.10 Å². The maximum Gasteiger partial charge on any atom is 0.271 e. The zero-order valence-corrected chi connectivity index (χ0v) is 12.0. The van der Waals surface area contributed by atoms with Crippen molar-refractivity contribution >= 4 is 5.91 Å². The molecular weight excluding hydrogens is 301 g/mol. The molecular formula is C16H14FN3O3. The molecule has 0 bridgehead atoms. The van der Waals surface area contributed by atoms with Gasteiger partial charge >= 0.3 is 0 Å². The predicted molar refractivity (Wildman–Crippen MR) is 80.0 cm³/mol. The Morgan fingerprint density at radius 1 is 1.35 bits per heavy atom. The predicted octanol–water partition coefficient (Wildman–Crippen LogP) is 2.27. The minimum atomic E-state index is -1.14. The number of carbonyl (C=O) groups excluding carboxylic acids is 1. The van der Waals surface area contributed by atoms with Gasteiger partial charge in [0.25, 0.3) is 5.91 Å². The van der Waals surface area contributed by atoms with E-state index in [-0.39, 0.29) is 17.8 Å². The number of benzene rings is 1. The Morgan fingerprint density at radius 3 is 2.91 bits per heavy atom. The van der Waals surface area contributed by atoms with Crippen molar-refractivity contribution in [3.05, 3.63) is 65.8 Å². The molecule has 3 aromatic rings. The van der Waals surface area contributed by atoms with Crippen LogP contribution in [0.15, 0.2) is 53.1 Å². The fourth-order valence-electron chi connectivity index (χ4n) is 2.13. The van der Waals surface area contributed by atoms with Gasteiger partial charge in [-0.3, -0.25) is 9.89 Å². The van der Waals surface area contributed by atoms with Gasteiger partial charge in [0.05, 0.1) is 12.4 Å². The maximum atomic E-state index is 13.5. The summed E-state index contributed by atoms with van der Waals surface area (Å²) in [6, 6.07) is 10.9. The molecule has 2 heterocycles. The number of hydrogen-bond acceptors (Lipinski definition) is 4. The molecule has 23 heavy (non-hydrogen) atoms. The van der Waals surface area contributed by atoms with Crippen molar-refractivity contribution in [3.63, 3.8) is 0 Å². The Hall–Kier alpha value is -2.93. The topological polar surface area (TPSA) is 91.1 Å². The number of furan rings is 1. The first-order valence-corrected chi connectivity index (χ1v) is 6.95. The van der Waals surface area contributed by atoms with Crippen LogP contribution in [0.1, 0.15) is 22.2 Å². The van der Waals surface area contributed by atoms with Gasteiger partial charge in [0.1, 0.15) is 11.5 Å². The lowest BCUT2D eigenvalue weighted by Gasteiger charge is -2.12. The Bertz CT molecular complexity index is 799. The van der Waals surface area contributed by atoms with Crippen molar-refractivity contribution in [2.75, 3.05) is 6.54 Å². The lowest BCUT2D eigenvalue weighted by molar-refractivity contribution is 0.0909. The zero-order chi connectivity index (χ0) is 16.2. The van der Waals surface area contributed by atoms with E-state index in [1.807, 2.05) is 0 Å². The van der Waals surface area contributed by atoms with Crippen molar-refractivity contribution in [1.29, 1.82) is 0 Å². The molecule has 1 unspecified atom stereocenters. The number of H-pyrrole nitrogens is 1. The van der Waals surface area contributed by atoms with Gasteiger partial charge in [-0.05, 0) is 18.2 Å². The van der Waals surface area contributed by atoms with E-state index in [1.54, 1.807) is 18.2 Å². The Morgan fingerprint density at radius 2 is 2.17 bits per heavy atom. The lowest BCUT2D eigenvalue weighted by atomic mass is 10.1. The van der Waals surface area contributed by atoms with Crippen LogP contribution in [0, 0.1) is 5.82 Å². The molecule has 1 amide bonds. The molecule has 6 nitrogen and oxygen atoms in total. The fourth-order valence-corrected chi connectivity index (χ4v) is 2.13. The Kier molecular flexibility index (Phi) is 4.20. The summed E-state index contributed by atoms with van der Waals surface area (Å²) in [6.45, 7) is -0.122. The van der Waals surface area contributed by atoms with E-state index in [0.717, 1.165) is 0 Å². The summed E-state index contributed by atoms with van der Waals surface area (Å²) in [5.41, 5.74) is 0.845. The molecule has 118 valence electrons. The van der Waals surface area contributed by atoms with Crippen LogP contribution in [0.25, 0.3) is 11.5 Å². The average molecular weight is 315 g/mol. The molecule has 0 radical (unpaired) electrons. The normalized spacial score (nSPS) is 12.1. The minimum Gasteiger partial charge on any atom is -0.463 e. The van der Waals surface area contributed by atoms with Crippen LogP contribution < -0.4 is 5.32 Å². The van der Waals surface area contributed by atoms with Gasteiger partial charge in [0, 0.05) is 18.2 Å². The molecule has 2 aromatic heterocycles. The molecule has 0 saturated carbocycles. The molecule has 0 spiro atoms. The highest BCUT2D eigenvalue weighted by molar-refractivity contribution is 5.93. The van der Waals surface area contributed by atoms with E-state index in [9.17, 15) is 14.3 Å². The van der Waals surface area contributed by atoms with E-state index in [4.69, 9.17) is 4.42 Å². The van der Waals surface area contributed by atoms with E-state index < -0.39 is 17.8 Å². The first-order valence-electron chi connectivity index (χ1n) is 6.95. The van der Waals surface area contributed by atoms with Gasteiger partial charge < -0.3 is 14.8 Å². The number of rotatable bonds is 5.